The first-order valence-electron chi connectivity index (χ1n) is 4.32. The SMILES string of the molecule is NCCOCCN1C=C(C(N)=O)NN1. The number of nitrogens with two attached hydrogens (primary N) is 2. The summed E-state index contributed by atoms with van der Waals surface area (Å²) in [5, 5.41) is 1.68. The van der Waals surface area contributed by atoms with Gasteiger partial charge < -0.3 is 16.2 Å². The van der Waals surface area contributed by atoms with Crippen LogP contribution in [-0.2, 0) is 9.53 Å². The molecule has 0 aromatic heterocycles. The monoisotopic (exact) mass is 201 g/mol. The Morgan fingerprint density at radius 2 is 2.36 bits per heavy atom. The highest BCUT2D eigenvalue weighted by molar-refractivity contribution is 5.91. The van der Waals surface area contributed by atoms with Crippen molar-refractivity contribution in [2.75, 3.05) is 26.3 Å². The molecule has 1 heterocycles. The first kappa shape index (κ1) is 10.8. The van der Waals surface area contributed by atoms with Crippen LogP contribution in [0.25, 0.3) is 0 Å². The van der Waals surface area contributed by atoms with Crippen molar-refractivity contribution in [1.29, 1.82) is 0 Å². The number of hydrogen-bond donors (Lipinski definition) is 4. The van der Waals surface area contributed by atoms with Crippen LogP contribution in [0.2, 0.25) is 0 Å². The molecule has 7 nitrogen and oxygen atoms in total. The smallest absolute Gasteiger partial charge is 0.267 e. The molecule has 0 aromatic carbocycles. The molecule has 0 aromatic rings. The molecule has 0 bridgehead atoms. The Labute approximate surface area is 82.0 Å². The fourth-order valence-electron chi connectivity index (χ4n) is 0.946. The van der Waals surface area contributed by atoms with Crippen molar-refractivity contribution in [3.8, 4) is 0 Å². The van der Waals surface area contributed by atoms with Gasteiger partial charge in [0, 0.05) is 12.7 Å². The topological polar surface area (TPSA) is 106 Å². The van der Waals surface area contributed by atoms with Crippen molar-refractivity contribution in [2.45, 2.75) is 0 Å². The number of ether oxygens (including phenoxy) is 1. The molecule has 6 N–H and O–H groups in total. The van der Waals surface area contributed by atoms with Crippen molar-refractivity contribution in [2.24, 2.45) is 11.5 Å². The van der Waals surface area contributed by atoms with E-state index in [0.717, 1.165) is 0 Å². The Morgan fingerprint density at radius 1 is 1.57 bits per heavy atom. The summed E-state index contributed by atoms with van der Waals surface area (Å²) in [5.74, 6) is -0.497. The van der Waals surface area contributed by atoms with Crippen LogP contribution in [-0.4, -0.2) is 37.2 Å². The van der Waals surface area contributed by atoms with E-state index in [1.54, 1.807) is 11.2 Å². The maximum absolute atomic E-state index is 10.7. The van der Waals surface area contributed by atoms with Crippen LogP contribution in [0.4, 0.5) is 0 Å². The van der Waals surface area contributed by atoms with Gasteiger partial charge in [-0.15, -0.1) is 5.53 Å². The number of nitrogens with one attached hydrogen (secondary N) is 2. The number of nitrogens with zero attached hydrogens (tertiary/aromatic N) is 1. The van der Waals surface area contributed by atoms with Crippen LogP contribution >= 0.6 is 0 Å². The lowest BCUT2D eigenvalue weighted by Gasteiger charge is -2.14. The molecule has 80 valence electrons. The fourth-order valence-corrected chi connectivity index (χ4v) is 0.946. The average Bonchev–Trinajstić information content (AvgIpc) is 2.61. The Hall–Kier alpha value is -1.31. The van der Waals surface area contributed by atoms with Gasteiger partial charge in [0.05, 0.1) is 19.8 Å². The highest BCUT2D eigenvalue weighted by Crippen LogP contribution is 1.97. The van der Waals surface area contributed by atoms with Gasteiger partial charge in [0.25, 0.3) is 5.91 Å². The van der Waals surface area contributed by atoms with Gasteiger partial charge in [0.2, 0.25) is 0 Å². The molecule has 0 saturated heterocycles. The Balaban J connectivity index is 2.18. The molecule has 0 atom stereocenters. The fraction of sp³-hybridized carbons (Fsp3) is 0.571. The van der Waals surface area contributed by atoms with Gasteiger partial charge >= 0.3 is 0 Å². The highest BCUT2D eigenvalue weighted by atomic mass is 16.5. The van der Waals surface area contributed by atoms with E-state index >= 15 is 0 Å². The van der Waals surface area contributed by atoms with Crippen LogP contribution in [0.1, 0.15) is 0 Å². The number of carbonyl (C=O) groups is 1. The maximum Gasteiger partial charge on any atom is 0.267 e. The molecule has 0 fully saturated rings. The second-order valence-electron chi connectivity index (χ2n) is 2.74. The zero-order valence-electron chi connectivity index (χ0n) is 7.82. The number of primary amides is 1. The summed E-state index contributed by atoms with van der Waals surface area (Å²) in [6.07, 6.45) is 1.59. The van der Waals surface area contributed by atoms with Gasteiger partial charge in [-0.3, -0.25) is 15.2 Å². The summed E-state index contributed by atoms with van der Waals surface area (Å²) in [4.78, 5) is 10.7. The third-order valence-corrected chi connectivity index (χ3v) is 1.62. The molecule has 0 radical (unpaired) electrons. The van der Waals surface area contributed by atoms with Gasteiger partial charge in [-0.1, -0.05) is 0 Å². The zero-order chi connectivity index (χ0) is 10.4. The van der Waals surface area contributed by atoms with Gasteiger partial charge in [-0.2, -0.15) is 0 Å². The number of carbonyl (C=O) groups excluding carboxylic acids is 1. The highest BCUT2D eigenvalue weighted by Gasteiger charge is 2.14. The molecular formula is C7H15N5O2. The minimum atomic E-state index is -0.497. The zero-order valence-corrected chi connectivity index (χ0v) is 7.82. The summed E-state index contributed by atoms with van der Waals surface area (Å²) in [6.45, 7) is 2.19. The Bertz CT molecular complexity index is 230. The lowest BCUT2D eigenvalue weighted by Crippen LogP contribution is -2.39. The largest absolute Gasteiger partial charge is 0.378 e. The minimum Gasteiger partial charge on any atom is -0.378 e. The van der Waals surface area contributed by atoms with Crippen molar-refractivity contribution >= 4 is 5.91 Å². The van der Waals surface area contributed by atoms with Crippen molar-refractivity contribution in [1.82, 2.24) is 16.0 Å². The van der Waals surface area contributed by atoms with Crippen LogP contribution < -0.4 is 22.4 Å². The second-order valence-corrected chi connectivity index (χ2v) is 2.74. The molecule has 0 saturated carbocycles. The van der Waals surface area contributed by atoms with E-state index < -0.39 is 5.91 Å². The van der Waals surface area contributed by atoms with Crippen LogP contribution in [0, 0.1) is 0 Å². The Kier molecular flexibility index (Phi) is 4.17. The summed E-state index contributed by atoms with van der Waals surface area (Å²) < 4.78 is 5.16. The quantitative estimate of drug-likeness (QED) is 0.357. The van der Waals surface area contributed by atoms with Gasteiger partial charge in [-0.05, 0) is 0 Å². The van der Waals surface area contributed by atoms with Gasteiger partial charge in [0.15, 0.2) is 0 Å². The molecule has 7 heteroatoms. The van der Waals surface area contributed by atoms with Crippen LogP contribution in [0.15, 0.2) is 11.9 Å². The molecule has 0 spiro atoms. The summed E-state index contributed by atoms with van der Waals surface area (Å²) in [6, 6.07) is 0. The lowest BCUT2D eigenvalue weighted by atomic mass is 10.4. The van der Waals surface area contributed by atoms with E-state index in [4.69, 9.17) is 16.2 Å². The number of rotatable bonds is 6. The molecule has 1 rings (SSSR count). The molecule has 0 aliphatic carbocycles. The predicted molar refractivity (Wildman–Crippen MR) is 50.1 cm³/mol. The van der Waals surface area contributed by atoms with E-state index in [1.165, 1.54) is 0 Å². The molecule has 1 amide bonds. The third kappa shape index (κ3) is 3.21. The maximum atomic E-state index is 10.7. The molecule has 1 aliphatic rings. The first-order chi connectivity index (χ1) is 6.74. The standard InChI is InChI=1S/C7H15N5O2/c8-1-3-14-4-2-12-5-6(7(9)13)10-11-12/h5,10-11H,1-4,8H2,(H2,9,13). The molecule has 14 heavy (non-hydrogen) atoms. The van der Waals surface area contributed by atoms with Gasteiger partial charge in [0.1, 0.15) is 5.70 Å². The first-order valence-corrected chi connectivity index (χ1v) is 4.32. The predicted octanol–water partition coefficient (Wildman–Crippen LogP) is -2.39. The number of amides is 1. The summed E-state index contributed by atoms with van der Waals surface area (Å²) in [5.41, 5.74) is 16.0. The third-order valence-electron chi connectivity index (χ3n) is 1.62. The normalized spacial score (nSPS) is 15.2. The van der Waals surface area contributed by atoms with Crippen LogP contribution in [0.3, 0.4) is 0 Å². The van der Waals surface area contributed by atoms with E-state index in [2.05, 4.69) is 11.0 Å². The molecule has 1 aliphatic heterocycles. The van der Waals surface area contributed by atoms with Crippen LogP contribution in [0.5, 0.6) is 0 Å². The lowest BCUT2D eigenvalue weighted by molar-refractivity contribution is -0.114. The second kappa shape index (κ2) is 5.43. The molecular weight excluding hydrogens is 186 g/mol. The average molecular weight is 201 g/mol. The summed E-state index contributed by atoms with van der Waals surface area (Å²) in [7, 11) is 0. The van der Waals surface area contributed by atoms with Crippen molar-refractivity contribution < 1.29 is 9.53 Å². The van der Waals surface area contributed by atoms with E-state index in [-0.39, 0.29) is 0 Å². The minimum absolute atomic E-state index is 0.337. The summed E-state index contributed by atoms with van der Waals surface area (Å²) >= 11 is 0. The number of hydrogen-bond acceptors (Lipinski definition) is 6. The number of hydrazine groups is 2. The molecule has 0 unspecified atom stereocenters. The van der Waals surface area contributed by atoms with E-state index in [0.29, 0.717) is 32.0 Å². The van der Waals surface area contributed by atoms with Gasteiger partial charge in [-0.25, -0.2) is 0 Å². The van der Waals surface area contributed by atoms with Crippen molar-refractivity contribution in [3.63, 3.8) is 0 Å². The Morgan fingerprint density at radius 3 is 2.93 bits per heavy atom. The van der Waals surface area contributed by atoms with E-state index in [1.807, 2.05) is 0 Å². The van der Waals surface area contributed by atoms with E-state index in [9.17, 15) is 4.79 Å². The van der Waals surface area contributed by atoms with Crippen molar-refractivity contribution in [3.05, 3.63) is 11.9 Å².